The first-order valence-corrected chi connectivity index (χ1v) is 10.7. The second kappa shape index (κ2) is 9.51. The Hall–Kier alpha value is -3.87. The van der Waals surface area contributed by atoms with Crippen molar-refractivity contribution in [2.75, 3.05) is 0 Å². The lowest BCUT2D eigenvalue weighted by Crippen LogP contribution is -2.34. The van der Waals surface area contributed by atoms with Gasteiger partial charge >= 0.3 is 0 Å². The van der Waals surface area contributed by atoms with Gasteiger partial charge in [-0.2, -0.15) is 0 Å². The van der Waals surface area contributed by atoms with E-state index in [0.29, 0.717) is 5.82 Å². The molecular formula is C25H26N4O3. The lowest BCUT2D eigenvalue weighted by molar-refractivity contribution is 0.0915. The van der Waals surface area contributed by atoms with Gasteiger partial charge in [-0.15, -0.1) is 0 Å². The van der Waals surface area contributed by atoms with E-state index in [1.807, 2.05) is 54.6 Å². The minimum absolute atomic E-state index is 0.139. The average Bonchev–Trinajstić information content (AvgIpc) is 3.25. The molecule has 7 nitrogen and oxygen atoms in total. The van der Waals surface area contributed by atoms with Crippen molar-refractivity contribution in [1.29, 1.82) is 0 Å². The van der Waals surface area contributed by atoms with Crippen molar-refractivity contribution in [2.45, 2.75) is 32.9 Å². The highest BCUT2D eigenvalue weighted by Gasteiger charge is 2.24. The number of ether oxygens (including phenoxy) is 1. The summed E-state index contributed by atoms with van der Waals surface area (Å²) in [7, 11) is 0. The lowest BCUT2D eigenvalue weighted by atomic mass is 9.98. The van der Waals surface area contributed by atoms with Gasteiger partial charge in [-0.1, -0.05) is 62.7 Å². The Labute approximate surface area is 185 Å². The molecule has 7 heteroatoms. The fourth-order valence-electron chi connectivity index (χ4n) is 3.49. The highest BCUT2D eigenvalue weighted by molar-refractivity contribution is 5.92. The van der Waals surface area contributed by atoms with Crippen LogP contribution in [0.15, 0.2) is 71.7 Å². The van der Waals surface area contributed by atoms with Crippen molar-refractivity contribution in [2.24, 2.45) is 5.92 Å². The third-order valence-corrected chi connectivity index (χ3v) is 5.56. The van der Waals surface area contributed by atoms with Crippen molar-refractivity contribution < 1.29 is 9.53 Å². The van der Waals surface area contributed by atoms with Crippen molar-refractivity contribution in [1.82, 2.24) is 20.3 Å². The molecule has 2 heterocycles. The van der Waals surface area contributed by atoms with Crippen LogP contribution >= 0.6 is 0 Å². The Balaban J connectivity index is 1.50. The summed E-state index contributed by atoms with van der Waals surface area (Å²) in [6.07, 6.45) is 2.28. The predicted molar refractivity (Wildman–Crippen MR) is 124 cm³/mol. The summed E-state index contributed by atoms with van der Waals surface area (Å²) in [6, 6.07) is 18.3. The number of aromatic amines is 2. The third kappa shape index (κ3) is 4.72. The number of nitrogens with one attached hydrogen (secondary N) is 3. The first-order valence-electron chi connectivity index (χ1n) is 10.7. The quantitative estimate of drug-likeness (QED) is 0.387. The monoisotopic (exact) mass is 430 g/mol. The molecule has 0 spiro atoms. The number of aromatic nitrogens is 3. The molecule has 2 aromatic carbocycles. The Kier molecular flexibility index (Phi) is 6.35. The van der Waals surface area contributed by atoms with E-state index in [0.717, 1.165) is 23.0 Å². The topological polar surface area (TPSA) is 99.9 Å². The fourth-order valence-corrected chi connectivity index (χ4v) is 3.49. The number of para-hydroxylation sites is 2. The summed E-state index contributed by atoms with van der Waals surface area (Å²) >= 11 is 0. The van der Waals surface area contributed by atoms with E-state index in [2.05, 4.69) is 34.1 Å². The highest BCUT2D eigenvalue weighted by atomic mass is 16.5. The van der Waals surface area contributed by atoms with E-state index in [-0.39, 0.29) is 41.3 Å². The van der Waals surface area contributed by atoms with Crippen molar-refractivity contribution in [3.8, 4) is 5.75 Å². The molecule has 2 aromatic heterocycles. The molecule has 0 saturated heterocycles. The molecule has 3 N–H and O–H groups in total. The van der Waals surface area contributed by atoms with Crippen LogP contribution in [0, 0.1) is 5.92 Å². The first-order chi connectivity index (χ1) is 15.5. The largest absolute Gasteiger partial charge is 0.483 e. The minimum atomic E-state index is -0.373. The van der Waals surface area contributed by atoms with Gasteiger partial charge in [-0.3, -0.25) is 9.59 Å². The third-order valence-electron chi connectivity index (χ3n) is 5.56. The summed E-state index contributed by atoms with van der Waals surface area (Å²) in [5.41, 5.74) is 2.54. The van der Waals surface area contributed by atoms with Gasteiger partial charge in [-0.25, -0.2) is 4.98 Å². The van der Waals surface area contributed by atoms with Gasteiger partial charge in [0.05, 0.1) is 17.1 Å². The predicted octanol–water partition coefficient (Wildman–Crippen LogP) is 4.35. The number of pyridine rings is 1. The zero-order valence-corrected chi connectivity index (χ0v) is 18.1. The number of nitrogens with zero attached hydrogens (tertiary/aromatic N) is 1. The molecule has 32 heavy (non-hydrogen) atoms. The molecule has 2 unspecified atom stereocenters. The van der Waals surface area contributed by atoms with Crippen molar-refractivity contribution in [3.05, 3.63) is 94.2 Å². The number of hydrogen-bond donors (Lipinski definition) is 3. The van der Waals surface area contributed by atoms with E-state index in [1.54, 1.807) is 0 Å². The molecule has 0 fully saturated rings. The van der Waals surface area contributed by atoms with Gasteiger partial charge in [0.2, 0.25) is 5.43 Å². The first kappa shape index (κ1) is 21.4. The molecule has 4 rings (SSSR count). The molecule has 0 aliphatic rings. The maximum atomic E-state index is 12.9. The highest BCUT2D eigenvalue weighted by Crippen LogP contribution is 2.25. The summed E-state index contributed by atoms with van der Waals surface area (Å²) in [5, 5.41) is 3.02. The second-order valence-corrected chi connectivity index (χ2v) is 7.83. The van der Waals surface area contributed by atoms with Gasteiger partial charge in [0.1, 0.15) is 18.1 Å². The van der Waals surface area contributed by atoms with Crippen LogP contribution in [0.5, 0.6) is 5.75 Å². The standard InChI is InChI=1S/C25H26N4O3/c1-3-16(2)23(24-27-18-11-7-8-12-19(18)28-24)29-25(31)20-13-21(30)22(14-26-20)32-15-17-9-5-4-6-10-17/h4-14,16,23H,3,15H2,1-2H3,(H,26,30)(H,27,28)(H,29,31). The second-order valence-electron chi connectivity index (χ2n) is 7.83. The van der Waals surface area contributed by atoms with Crippen molar-refractivity contribution in [3.63, 3.8) is 0 Å². The van der Waals surface area contributed by atoms with Gasteiger partial charge in [-0.05, 0) is 23.6 Å². The van der Waals surface area contributed by atoms with E-state index in [1.165, 1.54) is 12.3 Å². The summed E-state index contributed by atoms with van der Waals surface area (Å²) < 4.78 is 5.61. The lowest BCUT2D eigenvalue weighted by Gasteiger charge is -2.22. The van der Waals surface area contributed by atoms with Gasteiger partial charge < -0.3 is 20.0 Å². The van der Waals surface area contributed by atoms with Crippen LogP contribution < -0.4 is 15.5 Å². The molecule has 0 bridgehead atoms. The molecule has 0 saturated carbocycles. The fraction of sp³-hybridized carbons (Fsp3) is 0.240. The molecule has 4 aromatic rings. The Morgan fingerprint density at radius 3 is 2.59 bits per heavy atom. The number of carbonyl (C=O) groups is 1. The number of imidazole rings is 1. The average molecular weight is 431 g/mol. The van der Waals surface area contributed by atoms with Crippen LogP contribution in [0.4, 0.5) is 0 Å². The van der Waals surface area contributed by atoms with Crippen molar-refractivity contribution >= 4 is 16.9 Å². The van der Waals surface area contributed by atoms with Gasteiger partial charge in [0.25, 0.3) is 5.91 Å². The van der Waals surface area contributed by atoms with Crippen LogP contribution in [-0.2, 0) is 6.61 Å². The maximum Gasteiger partial charge on any atom is 0.268 e. The van der Waals surface area contributed by atoms with Crippen LogP contribution in [0.25, 0.3) is 11.0 Å². The minimum Gasteiger partial charge on any atom is -0.483 e. The summed E-state index contributed by atoms with van der Waals surface area (Å²) in [6.45, 7) is 4.40. The SMILES string of the molecule is CCC(C)C(NC(=O)c1cc(=O)c(OCc2ccccc2)c[nH]1)c1nc2ccccc2[nH]1. The number of rotatable bonds is 8. The number of amides is 1. The molecule has 1 amide bonds. The zero-order chi connectivity index (χ0) is 22.5. The summed E-state index contributed by atoms with van der Waals surface area (Å²) in [5.74, 6) is 0.627. The molecule has 2 atom stereocenters. The maximum absolute atomic E-state index is 12.9. The zero-order valence-electron chi connectivity index (χ0n) is 18.1. The van der Waals surface area contributed by atoms with Crippen LogP contribution in [0.1, 0.15) is 48.2 Å². The van der Waals surface area contributed by atoms with Crippen LogP contribution in [0.3, 0.4) is 0 Å². The van der Waals surface area contributed by atoms with Gasteiger partial charge in [0.15, 0.2) is 5.75 Å². The van der Waals surface area contributed by atoms with E-state index < -0.39 is 0 Å². The van der Waals surface area contributed by atoms with E-state index in [9.17, 15) is 9.59 Å². The molecule has 0 aliphatic heterocycles. The van der Waals surface area contributed by atoms with E-state index >= 15 is 0 Å². The normalized spacial score (nSPS) is 12.9. The number of benzene rings is 2. The Morgan fingerprint density at radius 2 is 1.88 bits per heavy atom. The summed E-state index contributed by atoms with van der Waals surface area (Å²) in [4.78, 5) is 36.3. The Bertz CT molecular complexity index is 1230. The molecular weight excluding hydrogens is 404 g/mol. The van der Waals surface area contributed by atoms with Crippen LogP contribution in [0.2, 0.25) is 0 Å². The Morgan fingerprint density at radius 1 is 1.12 bits per heavy atom. The number of carbonyl (C=O) groups excluding carboxylic acids is 1. The van der Waals surface area contributed by atoms with Gasteiger partial charge in [0, 0.05) is 12.3 Å². The van der Waals surface area contributed by atoms with E-state index in [4.69, 9.17) is 4.74 Å². The smallest absolute Gasteiger partial charge is 0.268 e. The number of H-pyrrole nitrogens is 2. The number of fused-ring (bicyclic) bond motifs is 1. The molecule has 0 radical (unpaired) electrons. The van der Waals surface area contributed by atoms with Crippen LogP contribution in [-0.4, -0.2) is 20.9 Å². The molecule has 0 aliphatic carbocycles. The molecule has 164 valence electrons. The number of hydrogen-bond acceptors (Lipinski definition) is 4.